The van der Waals surface area contributed by atoms with Crippen LogP contribution in [0.25, 0.3) is 0 Å². The molecule has 1 aromatic heterocycles. The number of rotatable bonds is 2. The first-order chi connectivity index (χ1) is 10.1. The quantitative estimate of drug-likeness (QED) is 0.924. The lowest BCUT2D eigenvalue weighted by molar-refractivity contribution is 0.0982. The van der Waals surface area contributed by atoms with Gasteiger partial charge >= 0.3 is 0 Å². The predicted octanol–water partition coefficient (Wildman–Crippen LogP) is 3.33. The minimum atomic E-state index is -0.358. The molecule has 0 spiro atoms. The number of aryl methyl sites for hydroxylation is 1. The van der Waals surface area contributed by atoms with E-state index in [4.69, 9.17) is 11.6 Å². The number of benzene rings is 1. The van der Waals surface area contributed by atoms with Crippen LogP contribution in [0.15, 0.2) is 53.3 Å². The van der Waals surface area contributed by atoms with Crippen LogP contribution in [0.4, 0.5) is 5.82 Å². The number of hydrogen-bond donors (Lipinski definition) is 1. The Morgan fingerprint density at radius 2 is 1.67 bits per heavy atom. The highest BCUT2D eigenvalue weighted by Gasteiger charge is 2.31. The number of anilines is 1. The highest BCUT2D eigenvalue weighted by atomic mass is 35.5. The second kappa shape index (κ2) is 5.14. The van der Waals surface area contributed by atoms with E-state index in [-0.39, 0.29) is 22.3 Å². The minimum absolute atomic E-state index is 0.0715. The molecular weight excluding hydrogens is 288 g/mol. The van der Waals surface area contributed by atoms with Crippen molar-refractivity contribution in [3.05, 3.63) is 70.0 Å². The smallest absolute Gasteiger partial charge is 0.211 e. The van der Waals surface area contributed by atoms with Crippen LogP contribution in [-0.4, -0.2) is 16.6 Å². The van der Waals surface area contributed by atoms with E-state index in [0.29, 0.717) is 16.9 Å². The van der Waals surface area contributed by atoms with E-state index in [1.54, 1.807) is 36.5 Å². The van der Waals surface area contributed by atoms with Crippen molar-refractivity contribution in [2.45, 2.75) is 6.92 Å². The van der Waals surface area contributed by atoms with Crippen LogP contribution in [0.3, 0.4) is 0 Å². The zero-order valence-electron chi connectivity index (χ0n) is 11.2. The monoisotopic (exact) mass is 298 g/mol. The van der Waals surface area contributed by atoms with Crippen molar-refractivity contribution in [2.75, 3.05) is 5.32 Å². The zero-order chi connectivity index (χ0) is 15.0. The molecule has 2 aromatic rings. The van der Waals surface area contributed by atoms with Gasteiger partial charge in [-0.2, -0.15) is 0 Å². The summed E-state index contributed by atoms with van der Waals surface area (Å²) in [5.74, 6) is -0.158. The predicted molar refractivity (Wildman–Crippen MR) is 80.6 cm³/mol. The van der Waals surface area contributed by atoms with Crippen LogP contribution in [0.2, 0.25) is 0 Å². The lowest BCUT2D eigenvalue weighted by Gasteiger charge is -2.19. The fraction of sp³-hybridized carbons (Fsp3) is 0.0625. The van der Waals surface area contributed by atoms with Crippen LogP contribution >= 0.6 is 11.6 Å². The van der Waals surface area contributed by atoms with E-state index in [1.165, 1.54) is 0 Å². The Balaban J connectivity index is 2.07. The van der Waals surface area contributed by atoms with Crippen LogP contribution in [-0.2, 0) is 0 Å². The molecule has 5 heteroatoms. The number of allylic oxidation sites excluding steroid dienone is 2. The summed E-state index contributed by atoms with van der Waals surface area (Å²) in [5.41, 5.74) is 1.61. The molecule has 0 atom stereocenters. The summed E-state index contributed by atoms with van der Waals surface area (Å²) >= 11 is 6.08. The van der Waals surface area contributed by atoms with Crippen LogP contribution < -0.4 is 5.32 Å². The van der Waals surface area contributed by atoms with Gasteiger partial charge in [0.1, 0.15) is 16.5 Å². The topological polar surface area (TPSA) is 59.1 Å². The van der Waals surface area contributed by atoms with Crippen LogP contribution in [0, 0.1) is 6.92 Å². The Kier molecular flexibility index (Phi) is 3.31. The van der Waals surface area contributed by atoms with E-state index in [0.717, 1.165) is 5.56 Å². The molecule has 0 radical (unpaired) electrons. The highest BCUT2D eigenvalue weighted by Crippen LogP contribution is 2.29. The molecule has 1 aliphatic rings. The van der Waals surface area contributed by atoms with Crippen molar-refractivity contribution in [2.24, 2.45) is 0 Å². The molecule has 1 aromatic carbocycles. The van der Waals surface area contributed by atoms with Gasteiger partial charge in [-0.1, -0.05) is 41.9 Å². The second-order valence-corrected chi connectivity index (χ2v) is 5.06. The zero-order valence-corrected chi connectivity index (χ0v) is 11.9. The number of aromatic nitrogens is 1. The van der Waals surface area contributed by atoms with Gasteiger partial charge in [-0.3, -0.25) is 9.59 Å². The second-order valence-electron chi connectivity index (χ2n) is 4.69. The summed E-state index contributed by atoms with van der Waals surface area (Å²) < 4.78 is 0. The Labute approximate surface area is 126 Å². The number of hydrogen-bond acceptors (Lipinski definition) is 4. The van der Waals surface area contributed by atoms with E-state index in [9.17, 15) is 9.59 Å². The van der Waals surface area contributed by atoms with Crippen molar-refractivity contribution >= 4 is 29.0 Å². The summed E-state index contributed by atoms with van der Waals surface area (Å²) in [6.07, 6.45) is 1.60. The van der Waals surface area contributed by atoms with Gasteiger partial charge in [-0.25, -0.2) is 4.98 Å². The third kappa shape index (κ3) is 2.23. The van der Waals surface area contributed by atoms with Crippen molar-refractivity contribution in [1.29, 1.82) is 0 Å². The van der Waals surface area contributed by atoms with Gasteiger partial charge in [0.15, 0.2) is 0 Å². The summed E-state index contributed by atoms with van der Waals surface area (Å²) in [5, 5.41) is 2.78. The molecular formula is C16H11ClN2O2. The summed E-state index contributed by atoms with van der Waals surface area (Å²) in [6, 6.07) is 10.3. The molecule has 0 saturated carbocycles. The van der Waals surface area contributed by atoms with Crippen molar-refractivity contribution in [3.63, 3.8) is 0 Å². The van der Waals surface area contributed by atoms with Crippen LogP contribution in [0.5, 0.6) is 0 Å². The normalized spacial score (nSPS) is 14.2. The third-order valence-electron chi connectivity index (χ3n) is 3.32. The van der Waals surface area contributed by atoms with E-state index in [2.05, 4.69) is 10.3 Å². The van der Waals surface area contributed by atoms with E-state index in [1.807, 2.05) is 13.0 Å². The number of carbonyl (C=O) groups excluding carboxylic acids is 2. The van der Waals surface area contributed by atoms with Crippen molar-refractivity contribution < 1.29 is 9.59 Å². The number of halogens is 1. The average molecular weight is 299 g/mol. The van der Waals surface area contributed by atoms with Gasteiger partial charge in [0.25, 0.3) is 0 Å². The Hall–Kier alpha value is -2.46. The average Bonchev–Trinajstić information content (AvgIpc) is 2.51. The number of fused-ring (bicyclic) bond motifs is 1. The number of ketones is 2. The number of Topliss-reactive ketones (excluding diaryl/α,β-unsaturated/α-hetero) is 2. The summed E-state index contributed by atoms with van der Waals surface area (Å²) in [7, 11) is 0. The van der Waals surface area contributed by atoms with Gasteiger partial charge in [0.2, 0.25) is 11.6 Å². The Morgan fingerprint density at radius 1 is 1.00 bits per heavy atom. The molecule has 21 heavy (non-hydrogen) atoms. The van der Waals surface area contributed by atoms with E-state index >= 15 is 0 Å². The van der Waals surface area contributed by atoms with Crippen molar-refractivity contribution in [1.82, 2.24) is 4.98 Å². The largest absolute Gasteiger partial charge is 0.335 e. The molecule has 0 amide bonds. The maximum Gasteiger partial charge on any atom is 0.211 e. The molecule has 0 saturated heterocycles. The highest BCUT2D eigenvalue weighted by molar-refractivity contribution is 6.50. The van der Waals surface area contributed by atoms with Gasteiger partial charge in [0, 0.05) is 17.3 Å². The molecule has 0 fully saturated rings. The first-order valence-electron chi connectivity index (χ1n) is 6.36. The number of pyridine rings is 1. The van der Waals surface area contributed by atoms with Gasteiger partial charge in [-0.15, -0.1) is 0 Å². The molecule has 3 rings (SSSR count). The van der Waals surface area contributed by atoms with Gasteiger partial charge in [0.05, 0.1) is 0 Å². The Bertz CT molecular complexity index is 796. The number of nitrogens with one attached hydrogen (secondary N) is 1. The fourth-order valence-corrected chi connectivity index (χ4v) is 2.43. The first kappa shape index (κ1) is 13.5. The van der Waals surface area contributed by atoms with Gasteiger partial charge < -0.3 is 5.32 Å². The number of nitrogens with zero attached hydrogens (tertiary/aromatic N) is 1. The van der Waals surface area contributed by atoms with Crippen molar-refractivity contribution in [3.8, 4) is 0 Å². The first-order valence-corrected chi connectivity index (χ1v) is 6.74. The third-order valence-corrected chi connectivity index (χ3v) is 3.68. The van der Waals surface area contributed by atoms with Gasteiger partial charge in [-0.05, 0) is 18.6 Å². The molecule has 104 valence electrons. The van der Waals surface area contributed by atoms with Crippen LogP contribution in [0.1, 0.15) is 26.3 Å². The fourth-order valence-electron chi connectivity index (χ4n) is 2.19. The Morgan fingerprint density at radius 3 is 2.33 bits per heavy atom. The lowest BCUT2D eigenvalue weighted by Crippen LogP contribution is -2.24. The minimum Gasteiger partial charge on any atom is -0.335 e. The molecule has 0 aliphatic heterocycles. The molecule has 0 bridgehead atoms. The summed E-state index contributed by atoms with van der Waals surface area (Å²) in [6.45, 7) is 1.85. The molecule has 4 nitrogen and oxygen atoms in total. The maximum atomic E-state index is 12.5. The molecule has 1 heterocycles. The standard InChI is InChI=1S/C16H11ClN2O2/c1-9-5-4-8-18-16(9)19-13-12(17)14(20)10-6-2-3-7-11(10)15(13)21/h2-8H,1H3,(H,18,19). The van der Waals surface area contributed by atoms with E-state index < -0.39 is 0 Å². The lowest BCUT2D eigenvalue weighted by atomic mass is 9.92. The maximum absolute atomic E-state index is 12.5. The molecule has 1 N–H and O–H groups in total. The SMILES string of the molecule is Cc1cccnc1NC1=C(Cl)C(=O)c2ccccc2C1=O. The number of carbonyl (C=O) groups is 2. The summed E-state index contributed by atoms with van der Waals surface area (Å²) in [4.78, 5) is 28.9. The molecule has 0 unspecified atom stereocenters. The molecule has 1 aliphatic carbocycles.